The van der Waals surface area contributed by atoms with E-state index in [9.17, 15) is 9.59 Å². The number of carbonyl (C=O) groups is 2. The second-order valence-corrected chi connectivity index (χ2v) is 5.84. The van der Waals surface area contributed by atoms with E-state index in [4.69, 9.17) is 0 Å². The van der Waals surface area contributed by atoms with Crippen LogP contribution in [0, 0.1) is 0 Å². The highest BCUT2D eigenvalue weighted by molar-refractivity contribution is 5.97. The number of nitrogens with one attached hydrogen (secondary N) is 1. The van der Waals surface area contributed by atoms with Crippen LogP contribution in [0.3, 0.4) is 0 Å². The van der Waals surface area contributed by atoms with Gasteiger partial charge >= 0.3 is 0 Å². The molecule has 1 amide bonds. The molecule has 0 aromatic heterocycles. The monoisotopic (exact) mass is 261 g/mol. The SMILES string of the molecule is CCC(=O)C(C)NC(=O)c1ccc(C(C)(C)C)cc1. The molecule has 3 heteroatoms. The summed E-state index contributed by atoms with van der Waals surface area (Å²) < 4.78 is 0. The zero-order valence-corrected chi connectivity index (χ0v) is 12.4. The highest BCUT2D eigenvalue weighted by Crippen LogP contribution is 2.22. The molecule has 1 aromatic rings. The average Bonchev–Trinajstić information content (AvgIpc) is 2.36. The van der Waals surface area contributed by atoms with Crippen LogP contribution in [0.2, 0.25) is 0 Å². The van der Waals surface area contributed by atoms with E-state index < -0.39 is 6.04 Å². The van der Waals surface area contributed by atoms with Crippen LogP contribution in [0.4, 0.5) is 0 Å². The average molecular weight is 261 g/mol. The minimum Gasteiger partial charge on any atom is -0.343 e. The molecule has 1 N–H and O–H groups in total. The van der Waals surface area contributed by atoms with Gasteiger partial charge in [0.2, 0.25) is 0 Å². The van der Waals surface area contributed by atoms with E-state index in [0.29, 0.717) is 12.0 Å². The van der Waals surface area contributed by atoms with Crippen molar-refractivity contribution in [3.8, 4) is 0 Å². The van der Waals surface area contributed by atoms with Gasteiger partial charge in [-0.2, -0.15) is 0 Å². The lowest BCUT2D eigenvalue weighted by atomic mass is 9.86. The number of rotatable bonds is 4. The van der Waals surface area contributed by atoms with Crippen LogP contribution < -0.4 is 5.32 Å². The molecule has 0 radical (unpaired) electrons. The van der Waals surface area contributed by atoms with Gasteiger partial charge in [-0.05, 0) is 30.0 Å². The first-order chi connectivity index (χ1) is 8.75. The molecule has 0 bridgehead atoms. The van der Waals surface area contributed by atoms with E-state index >= 15 is 0 Å². The molecule has 104 valence electrons. The third kappa shape index (κ3) is 4.19. The predicted octanol–water partition coefficient (Wildman–Crippen LogP) is 3.08. The summed E-state index contributed by atoms with van der Waals surface area (Å²) in [7, 11) is 0. The van der Waals surface area contributed by atoms with Crippen LogP contribution in [0.1, 0.15) is 57.0 Å². The Balaban J connectivity index is 2.76. The van der Waals surface area contributed by atoms with Crippen LogP contribution in [0.25, 0.3) is 0 Å². The lowest BCUT2D eigenvalue weighted by molar-refractivity contribution is -0.120. The van der Waals surface area contributed by atoms with Crippen molar-refractivity contribution < 1.29 is 9.59 Å². The largest absolute Gasteiger partial charge is 0.343 e. The first-order valence-corrected chi connectivity index (χ1v) is 6.69. The van der Waals surface area contributed by atoms with Crippen molar-refractivity contribution in [3.63, 3.8) is 0 Å². The molecule has 0 spiro atoms. The van der Waals surface area contributed by atoms with Gasteiger partial charge in [0, 0.05) is 12.0 Å². The summed E-state index contributed by atoms with van der Waals surface area (Å²) in [4.78, 5) is 23.4. The molecule has 0 aliphatic rings. The first kappa shape index (κ1) is 15.4. The number of amides is 1. The van der Waals surface area contributed by atoms with Gasteiger partial charge in [0.1, 0.15) is 0 Å². The van der Waals surface area contributed by atoms with Gasteiger partial charge in [0.05, 0.1) is 6.04 Å². The third-order valence-electron chi connectivity index (χ3n) is 3.19. The minimum absolute atomic E-state index is 0.0414. The molecule has 0 saturated heterocycles. The molecule has 0 saturated carbocycles. The van der Waals surface area contributed by atoms with Gasteiger partial charge in [-0.3, -0.25) is 9.59 Å². The molecule has 1 unspecified atom stereocenters. The zero-order chi connectivity index (χ0) is 14.6. The Kier molecular flexibility index (Phi) is 4.87. The van der Waals surface area contributed by atoms with Crippen LogP contribution in [0.5, 0.6) is 0 Å². The number of carbonyl (C=O) groups excluding carboxylic acids is 2. The summed E-state index contributed by atoms with van der Waals surface area (Å²) in [6.07, 6.45) is 0.435. The smallest absolute Gasteiger partial charge is 0.251 e. The second-order valence-electron chi connectivity index (χ2n) is 5.84. The molecule has 0 aliphatic heterocycles. The Labute approximate surface area is 115 Å². The Bertz CT molecular complexity index is 455. The first-order valence-electron chi connectivity index (χ1n) is 6.69. The highest BCUT2D eigenvalue weighted by Gasteiger charge is 2.17. The standard InChI is InChI=1S/C16H23NO2/c1-6-14(18)11(2)17-15(19)12-7-9-13(10-8-12)16(3,4)5/h7-11H,6H2,1-5H3,(H,17,19). The normalized spacial score (nSPS) is 12.9. The molecular weight excluding hydrogens is 238 g/mol. The molecule has 0 heterocycles. The van der Waals surface area contributed by atoms with Crippen molar-refractivity contribution >= 4 is 11.7 Å². The maximum atomic E-state index is 12.0. The molecule has 1 rings (SSSR count). The quantitative estimate of drug-likeness (QED) is 0.905. The zero-order valence-electron chi connectivity index (χ0n) is 12.4. The van der Waals surface area contributed by atoms with Crippen molar-refractivity contribution in [2.24, 2.45) is 0 Å². The van der Waals surface area contributed by atoms with Crippen molar-refractivity contribution in [2.45, 2.75) is 52.5 Å². The summed E-state index contributed by atoms with van der Waals surface area (Å²) in [5, 5.41) is 2.72. The van der Waals surface area contributed by atoms with E-state index in [-0.39, 0.29) is 17.1 Å². The number of benzene rings is 1. The number of ketones is 1. The van der Waals surface area contributed by atoms with Crippen LogP contribution >= 0.6 is 0 Å². The Morgan fingerprint density at radius 2 is 1.68 bits per heavy atom. The fourth-order valence-electron chi connectivity index (χ4n) is 1.79. The maximum absolute atomic E-state index is 12.0. The van der Waals surface area contributed by atoms with Gasteiger partial charge < -0.3 is 5.32 Å². The van der Waals surface area contributed by atoms with E-state index in [1.165, 1.54) is 5.56 Å². The predicted molar refractivity (Wildman–Crippen MR) is 77.4 cm³/mol. The lowest BCUT2D eigenvalue weighted by Crippen LogP contribution is -2.38. The fraction of sp³-hybridized carbons (Fsp3) is 0.500. The van der Waals surface area contributed by atoms with Crippen molar-refractivity contribution in [3.05, 3.63) is 35.4 Å². The number of hydrogen-bond acceptors (Lipinski definition) is 2. The van der Waals surface area contributed by atoms with E-state index in [1.807, 2.05) is 12.1 Å². The van der Waals surface area contributed by atoms with Gasteiger partial charge in [-0.1, -0.05) is 39.8 Å². The Morgan fingerprint density at radius 1 is 1.16 bits per heavy atom. The molecule has 0 fully saturated rings. The minimum atomic E-state index is -0.431. The van der Waals surface area contributed by atoms with Crippen molar-refractivity contribution in [1.82, 2.24) is 5.32 Å². The van der Waals surface area contributed by atoms with Crippen molar-refractivity contribution in [2.75, 3.05) is 0 Å². The third-order valence-corrected chi connectivity index (χ3v) is 3.19. The summed E-state index contributed by atoms with van der Waals surface area (Å²) in [6.45, 7) is 9.90. The van der Waals surface area contributed by atoms with Crippen LogP contribution in [-0.4, -0.2) is 17.7 Å². The van der Waals surface area contributed by atoms with Gasteiger partial charge in [0.25, 0.3) is 5.91 Å². The van der Waals surface area contributed by atoms with E-state index in [2.05, 4.69) is 26.1 Å². The summed E-state index contributed by atoms with van der Waals surface area (Å²) >= 11 is 0. The summed E-state index contributed by atoms with van der Waals surface area (Å²) in [6, 6.07) is 7.10. The van der Waals surface area contributed by atoms with Crippen LogP contribution in [-0.2, 0) is 10.2 Å². The summed E-state index contributed by atoms with van der Waals surface area (Å²) in [5.74, 6) is -0.158. The molecule has 3 nitrogen and oxygen atoms in total. The van der Waals surface area contributed by atoms with Crippen molar-refractivity contribution in [1.29, 1.82) is 0 Å². The maximum Gasteiger partial charge on any atom is 0.251 e. The second kappa shape index (κ2) is 6.00. The number of Topliss-reactive ketones (excluding diaryl/α,β-unsaturated/α-hetero) is 1. The van der Waals surface area contributed by atoms with Gasteiger partial charge in [0.15, 0.2) is 5.78 Å². The van der Waals surface area contributed by atoms with E-state index in [0.717, 1.165) is 0 Å². The Hall–Kier alpha value is -1.64. The highest BCUT2D eigenvalue weighted by atomic mass is 16.2. The summed E-state index contributed by atoms with van der Waals surface area (Å²) in [5.41, 5.74) is 1.84. The number of hydrogen-bond donors (Lipinski definition) is 1. The fourth-order valence-corrected chi connectivity index (χ4v) is 1.79. The van der Waals surface area contributed by atoms with E-state index in [1.54, 1.807) is 26.0 Å². The molecule has 0 aliphatic carbocycles. The molecule has 1 aromatic carbocycles. The van der Waals surface area contributed by atoms with Crippen LogP contribution in [0.15, 0.2) is 24.3 Å². The Morgan fingerprint density at radius 3 is 2.11 bits per heavy atom. The molecule has 19 heavy (non-hydrogen) atoms. The molecular formula is C16H23NO2. The van der Waals surface area contributed by atoms with Gasteiger partial charge in [-0.15, -0.1) is 0 Å². The van der Waals surface area contributed by atoms with Gasteiger partial charge in [-0.25, -0.2) is 0 Å². The molecule has 1 atom stereocenters. The lowest BCUT2D eigenvalue weighted by Gasteiger charge is -2.19. The topological polar surface area (TPSA) is 46.2 Å².